The lowest BCUT2D eigenvalue weighted by Crippen LogP contribution is -2.44. The van der Waals surface area contributed by atoms with E-state index in [9.17, 15) is 4.79 Å². The Bertz CT molecular complexity index is 513. The molecular formula is C15H22ClN3O3. The number of amides is 2. The standard InChI is InChI=1S/C15H22ClN3O3/c1-21-8-6-17-15(20)18-12-5-7-19(10-12)13-9-11(16)3-4-14(13)22-2/h3-4,9,12H,5-8,10H2,1-2H3,(H2,17,18,20)/t12-/m0/s1. The van der Waals surface area contributed by atoms with Gasteiger partial charge in [-0.25, -0.2) is 4.79 Å². The Morgan fingerprint density at radius 1 is 1.45 bits per heavy atom. The second-order valence-electron chi connectivity index (χ2n) is 5.14. The van der Waals surface area contributed by atoms with Gasteiger partial charge in [0.15, 0.2) is 0 Å². The molecule has 0 saturated carbocycles. The minimum absolute atomic E-state index is 0.103. The van der Waals surface area contributed by atoms with Crippen LogP contribution in [0.4, 0.5) is 10.5 Å². The van der Waals surface area contributed by atoms with Crippen molar-refractivity contribution in [2.75, 3.05) is 45.4 Å². The first-order valence-electron chi connectivity index (χ1n) is 7.26. The topological polar surface area (TPSA) is 62.8 Å². The number of anilines is 1. The summed E-state index contributed by atoms with van der Waals surface area (Å²) in [7, 11) is 3.24. The smallest absolute Gasteiger partial charge is 0.315 e. The minimum Gasteiger partial charge on any atom is -0.495 e. The zero-order valence-electron chi connectivity index (χ0n) is 12.9. The van der Waals surface area contributed by atoms with Crippen LogP contribution in [0.3, 0.4) is 0 Å². The molecule has 1 heterocycles. The van der Waals surface area contributed by atoms with Gasteiger partial charge in [-0.05, 0) is 24.6 Å². The lowest BCUT2D eigenvalue weighted by molar-refractivity contribution is 0.195. The van der Waals surface area contributed by atoms with Gasteiger partial charge in [0, 0.05) is 37.8 Å². The van der Waals surface area contributed by atoms with Crippen LogP contribution in [0.2, 0.25) is 5.02 Å². The fourth-order valence-corrected chi connectivity index (χ4v) is 2.68. The number of urea groups is 1. The Balaban J connectivity index is 1.90. The molecule has 1 aliphatic rings. The number of benzene rings is 1. The van der Waals surface area contributed by atoms with E-state index in [1.807, 2.05) is 12.1 Å². The highest BCUT2D eigenvalue weighted by atomic mass is 35.5. The molecular weight excluding hydrogens is 306 g/mol. The zero-order chi connectivity index (χ0) is 15.9. The molecule has 2 amide bonds. The third kappa shape index (κ3) is 4.42. The normalized spacial score (nSPS) is 17.4. The van der Waals surface area contributed by atoms with Crippen molar-refractivity contribution in [2.24, 2.45) is 0 Å². The van der Waals surface area contributed by atoms with E-state index in [1.165, 1.54) is 0 Å². The predicted octanol–water partition coefficient (Wildman–Crippen LogP) is 1.87. The summed E-state index contributed by atoms with van der Waals surface area (Å²) >= 11 is 6.07. The highest BCUT2D eigenvalue weighted by molar-refractivity contribution is 6.30. The van der Waals surface area contributed by atoms with Crippen molar-refractivity contribution in [1.29, 1.82) is 0 Å². The second kappa shape index (κ2) is 8.10. The fraction of sp³-hybridized carbons (Fsp3) is 0.533. The van der Waals surface area contributed by atoms with Gasteiger partial charge in [-0.15, -0.1) is 0 Å². The van der Waals surface area contributed by atoms with E-state index in [-0.39, 0.29) is 12.1 Å². The van der Waals surface area contributed by atoms with Crippen molar-refractivity contribution in [3.63, 3.8) is 0 Å². The third-order valence-corrected chi connectivity index (χ3v) is 3.83. The van der Waals surface area contributed by atoms with E-state index >= 15 is 0 Å². The molecule has 0 spiro atoms. The maximum atomic E-state index is 11.8. The van der Waals surface area contributed by atoms with Gasteiger partial charge in [-0.3, -0.25) is 0 Å². The molecule has 0 aromatic heterocycles. The molecule has 1 aliphatic heterocycles. The van der Waals surface area contributed by atoms with E-state index in [0.29, 0.717) is 18.2 Å². The number of carbonyl (C=O) groups excluding carboxylic acids is 1. The molecule has 1 aromatic rings. The monoisotopic (exact) mass is 327 g/mol. The summed E-state index contributed by atoms with van der Waals surface area (Å²) in [6, 6.07) is 5.49. The van der Waals surface area contributed by atoms with Crippen LogP contribution in [0.5, 0.6) is 5.75 Å². The first kappa shape index (κ1) is 16.7. The predicted molar refractivity (Wildman–Crippen MR) is 87.0 cm³/mol. The highest BCUT2D eigenvalue weighted by Crippen LogP contribution is 2.33. The summed E-state index contributed by atoms with van der Waals surface area (Å²) in [5, 5.41) is 6.40. The van der Waals surface area contributed by atoms with Gasteiger partial charge in [0.1, 0.15) is 5.75 Å². The SMILES string of the molecule is COCCNC(=O)N[C@H]1CCN(c2cc(Cl)ccc2OC)C1. The molecule has 1 aromatic carbocycles. The molecule has 7 heteroatoms. The Hall–Kier alpha value is -1.66. The summed E-state index contributed by atoms with van der Waals surface area (Å²) in [6.07, 6.45) is 0.882. The van der Waals surface area contributed by atoms with Gasteiger partial charge in [0.05, 0.1) is 19.4 Å². The average Bonchev–Trinajstić information content (AvgIpc) is 2.95. The van der Waals surface area contributed by atoms with Gasteiger partial charge in [-0.1, -0.05) is 11.6 Å². The van der Waals surface area contributed by atoms with Crippen LogP contribution in [0.25, 0.3) is 0 Å². The number of nitrogens with zero attached hydrogens (tertiary/aromatic N) is 1. The maximum absolute atomic E-state index is 11.8. The third-order valence-electron chi connectivity index (χ3n) is 3.60. The Kier molecular flexibility index (Phi) is 6.15. The lowest BCUT2D eigenvalue weighted by atomic mass is 10.2. The molecule has 6 nitrogen and oxygen atoms in total. The maximum Gasteiger partial charge on any atom is 0.315 e. The number of nitrogens with one attached hydrogen (secondary N) is 2. The van der Waals surface area contributed by atoms with Crippen molar-refractivity contribution >= 4 is 23.3 Å². The number of methoxy groups -OCH3 is 2. The van der Waals surface area contributed by atoms with Crippen LogP contribution in [0, 0.1) is 0 Å². The number of ether oxygens (including phenoxy) is 2. The Morgan fingerprint density at radius 3 is 3.00 bits per heavy atom. The molecule has 0 radical (unpaired) electrons. The summed E-state index contributed by atoms with van der Waals surface area (Å²) in [5.41, 5.74) is 0.957. The van der Waals surface area contributed by atoms with E-state index in [2.05, 4.69) is 15.5 Å². The fourth-order valence-electron chi connectivity index (χ4n) is 2.51. The molecule has 1 fully saturated rings. The van der Waals surface area contributed by atoms with E-state index in [1.54, 1.807) is 20.3 Å². The number of carbonyl (C=O) groups is 1. The summed E-state index contributed by atoms with van der Waals surface area (Å²) < 4.78 is 10.3. The Morgan fingerprint density at radius 2 is 2.27 bits per heavy atom. The van der Waals surface area contributed by atoms with Crippen LogP contribution < -0.4 is 20.3 Å². The first-order valence-corrected chi connectivity index (χ1v) is 7.63. The number of hydrogen-bond donors (Lipinski definition) is 2. The van der Waals surface area contributed by atoms with Crippen LogP contribution in [-0.2, 0) is 4.74 Å². The molecule has 0 bridgehead atoms. The van der Waals surface area contributed by atoms with Crippen LogP contribution in [-0.4, -0.2) is 52.5 Å². The first-order chi connectivity index (χ1) is 10.6. The number of rotatable bonds is 6. The molecule has 122 valence electrons. The van der Waals surface area contributed by atoms with Crippen LogP contribution in [0.15, 0.2) is 18.2 Å². The highest BCUT2D eigenvalue weighted by Gasteiger charge is 2.26. The van der Waals surface area contributed by atoms with E-state index in [0.717, 1.165) is 30.9 Å². The summed E-state index contributed by atoms with van der Waals surface area (Å²) in [5.74, 6) is 0.787. The minimum atomic E-state index is -0.165. The molecule has 1 atom stereocenters. The number of hydrogen-bond acceptors (Lipinski definition) is 4. The van der Waals surface area contributed by atoms with Crippen molar-refractivity contribution in [1.82, 2.24) is 10.6 Å². The molecule has 1 saturated heterocycles. The van der Waals surface area contributed by atoms with Crippen molar-refractivity contribution < 1.29 is 14.3 Å². The lowest BCUT2D eigenvalue weighted by Gasteiger charge is -2.21. The van der Waals surface area contributed by atoms with Gasteiger partial charge in [-0.2, -0.15) is 0 Å². The largest absolute Gasteiger partial charge is 0.495 e. The molecule has 0 unspecified atom stereocenters. The summed E-state index contributed by atoms with van der Waals surface area (Å²) in [4.78, 5) is 13.9. The quantitative estimate of drug-likeness (QED) is 0.783. The van der Waals surface area contributed by atoms with Crippen LogP contribution in [0.1, 0.15) is 6.42 Å². The molecule has 22 heavy (non-hydrogen) atoms. The molecule has 2 rings (SSSR count). The molecule has 2 N–H and O–H groups in total. The zero-order valence-corrected chi connectivity index (χ0v) is 13.7. The van der Waals surface area contributed by atoms with E-state index < -0.39 is 0 Å². The number of halogens is 1. The Labute approximate surface area is 135 Å². The average molecular weight is 328 g/mol. The van der Waals surface area contributed by atoms with Gasteiger partial charge >= 0.3 is 6.03 Å². The van der Waals surface area contributed by atoms with Crippen molar-refractivity contribution in [2.45, 2.75) is 12.5 Å². The van der Waals surface area contributed by atoms with Gasteiger partial charge in [0.2, 0.25) is 0 Å². The van der Waals surface area contributed by atoms with Crippen molar-refractivity contribution in [3.8, 4) is 5.75 Å². The summed E-state index contributed by atoms with van der Waals surface area (Å²) in [6.45, 7) is 2.58. The second-order valence-corrected chi connectivity index (χ2v) is 5.58. The van der Waals surface area contributed by atoms with Gasteiger partial charge < -0.3 is 25.0 Å². The van der Waals surface area contributed by atoms with Gasteiger partial charge in [0.25, 0.3) is 0 Å². The molecule has 0 aliphatic carbocycles. The van der Waals surface area contributed by atoms with Crippen LogP contribution >= 0.6 is 11.6 Å². The van der Waals surface area contributed by atoms with Crippen molar-refractivity contribution in [3.05, 3.63) is 23.2 Å². The van der Waals surface area contributed by atoms with E-state index in [4.69, 9.17) is 21.1 Å².